The minimum Gasteiger partial charge on any atom is -0.351 e. The maximum Gasteiger partial charge on any atom is 0.266 e. The topological polar surface area (TPSA) is 93.1 Å². The van der Waals surface area contributed by atoms with Crippen LogP contribution < -0.4 is 16.2 Å². The third-order valence-electron chi connectivity index (χ3n) is 6.08. The molecule has 0 aliphatic carbocycles. The van der Waals surface area contributed by atoms with E-state index in [1.807, 2.05) is 78.9 Å². The van der Waals surface area contributed by atoms with Gasteiger partial charge in [0.05, 0.1) is 16.6 Å². The number of amides is 2. The van der Waals surface area contributed by atoms with E-state index in [2.05, 4.69) is 10.6 Å². The first kappa shape index (κ1) is 25.9. The second-order valence-corrected chi connectivity index (χ2v) is 9.86. The summed E-state index contributed by atoms with van der Waals surface area (Å²) in [5, 5.41) is 5.25. The van der Waals surface area contributed by atoms with Gasteiger partial charge in [-0.3, -0.25) is 19.0 Å². The van der Waals surface area contributed by atoms with Gasteiger partial charge in [0.1, 0.15) is 0 Å². The fourth-order valence-electron chi connectivity index (χ4n) is 4.08. The van der Waals surface area contributed by atoms with Gasteiger partial charge in [0.25, 0.3) is 5.56 Å². The first-order chi connectivity index (χ1) is 19.1. The second kappa shape index (κ2) is 12.2. The molecule has 0 radical (unpaired) electrons. The van der Waals surface area contributed by atoms with Crippen LogP contribution in [0.4, 0.5) is 0 Å². The number of hydrogen-bond donors (Lipinski definition) is 2. The molecule has 194 valence electrons. The molecule has 0 unspecified atom stereocenters. The number of fused-ring (bicyclic) bond motifs is 1. The van der Waals surface area contributed by atoms with Crippen LogP contribution in [0.25, 0.3) is 16.6 Å². The Morgan fingerprint density at radius 3 is 1.74 bits per heavy atom. The van der Waals surface area contributed by atoms with E-state index < -0.39 is 17.1 Å². The fraction of sp³-hybridized carbons (Fsp3) is 0.0968. The zero-order valence-corrected chi connectivity index (χ0v) is 21.8. The molecule has 2 amide bonds. The number of carbonyl (C=O) groups excluding carboxylic acids is 2. The number of thioether (sulfide) groups is 1. The normalized spacial score (nSPS) is 10.9. The van der Waals surface area contributed by atoms with Gasteiger partial charge < -0.3 is 10.6 Å². The highest BCUT2D eigenvalue weighted by atomic mass is 32.2. The van der Waals surface area contributed by atoms with Crippen LogP contribution >= 0.6 is 11.8 Å². The number of hydrogen-bond acceptors (Lipinski definition) is 5. The van der Waals surface area contributed by atoms with Crippen molar-refractivity contribution in [3.8, 4) is 5.69 Å². The van der Waals surface area contributed by atoms with Crippen molar-refractivity contribution in [3.05, 3.63) is 137 Å². The summed E-state index contributed by atoms with van der Waals surface area (Å²) < 4.78 is 1.45. The predicted octanol–water partition coefficient (Wildman–Crippen LogP) is 4.48. The van der Waals surface area contributed by atoms with Crippen LogP contribution in [-0.2, 0) is 22.7 Å². The lowest BCUT2D eigenvalue weighted by molar-refractivity contribution is -0.128. The van der Waals surface area contributed by atoms with Gasteiger partial charge in [-0.1, -0.05) is 103 Å². The van der Waals surface area contributed by atoms with Gasteiger partial charge in [-0.2, -0.15) is 0 Å². The van der Waals surface area contributed by atoms with Gasteiger partial charge in [0.2, 0.25) is 11.8 Å². The molecule has 7 nitrogen and oxygen atoms in total. The molecule has 1 heterocycles. The Bertz CT molecular complexity index is 1590. The largest absolute Gasteiger partial charge is 0.351 e. The third kappa shape index (κ3) is 6.25. The maximum atomic E-state index is 13.6. The number of aromatic nitrogens is 2. The van der Waals surface area contributed by atoms with Gasteiger partial charge >= 0.3 is 0 Å². The standard InChI is InChI=1S/C31H26N4O3S/c36-28(32-20-22-12-4-1-5-13-22)27(29(37)33-21-23-14-6-2-7-15-23)39-31-34-26-19-11-10-18-25(26)30(38)35(31)24-16-8-3-9-17-24/h1-19,27H,20-21H2,(H,32,36)(H,33,37). The number of rotatable bonds is 9. The molecule has 0 fully saturated rings. The van der Waals surface area contributed by atoms with Crippen LogP contribution in [0.2, 0.25) is 0 Å². The molecular formula is C31H26N4O3S. The van der Waals surface area contributed by atoms with Crippen LogP contribution in [0.1, 0.15) is 11.1 Å². The lowest BCUT2D eigenvalue weighted by Crippen LogP contribution is -2.43. The van der Waals surface area contributed by atoms with Gasteiger partial charge in [-0.05, 0) is 35.4 Å². The van der Waals surface area contributed by atoms with Crippen molar-refractivity contribution in [1.82, 2.24) is 20.2 Å². The van der Waals surface area contributed by atoms with E-state index in [-0.39, 0.29) is 23.8 Å². The van der Waals surface area contributed by atoms with Crippen LogP contribution in [0.3, 0.4) is 0 Å². The molecule has 0 aliphatic rings. The summed E-state index contributed by atoms with van der Waals surface area (Å²) in [5.74, 6) is -0.951. The van der Waals surface area contributed by atoms with Crippen molar-refractivity contribution in [1.29, 1.82) is 0 Å². The molecule has 0 atom stereocenters. The van der Waals surface area contributed by atoms with E-state index >= 15 is 0 Å². The highest BCUT2D eigenvalue weighted by molar-refractivity contribution is 8.01. The Hall–Kier alpha value is -4.69. The highest BCUT2D eigenvalue weighted by Gasteiger charge is 2.30. The lowest BCUT2D eigenvalue weighted by Gasteiger charge is -2.19. The summed E-state index contributed by atoms with van der Waals surface area (Å²) in [6.07, 6.45) is 0. The molecule has 0 aliphatic heterocycles. The number of benzene rings is 4. The third-order valence-corrected chi connectivity index (χ3v) is 7.23. The number of nitrogens with one attached hydrogen (secondary N) is 2. The molecular weight excluding hydrogens is 508 g/mol. The van der Waals surface area contributed by atoms with Crippen molar-refractivity contribution in [2.24, 2.45) is 0 Å². The van der Waals surface area contributed by atoms with Gasteiger partial charge in [-0.15, -0.1) is 0 Å². The minimum atomic E-state index is -1.19. The summed E-state index contributed by atoms with van der Waals surface area (Å²) >= 11 is 0.953. The molecule has 0 saturated carbocycles. The van der Waals surface area contributed by atoms with Gasteiger partial charge in [0.15, 0.2) is 10.4 Å². The Morgan fingerprint density at radius 2 is 1.18 bits per heavy atom. The highest BCUT2D eigenvalue weighted by Crippen LogP contribution is 2.26. The Kier molecular flexibility index (Phi) is 8.14. The quantitative estimate of drug-likeness (QED) is 0.165. The molecule has 1 aromatic heterocycles. The summed E-state index contributed by atoms with van der Waals surface area (Å²) in [6, 6.07) is 35.1. The summed E-state index contributed by atoms with van der Waals surface area (Å²) in [6.45, 7) is 0.526. The van der Waals surface area contributed by atoms with E-state index in [1.165, 1.54) is 4.57 Å². The molecule has 0 saturated heterocycles. The molecule has 5 aromatic rings. The summed E-state index contributed by atoms with van der Waals surface area (Å²) in [7, 11) is 0. The van der Waals surface area contributed by atoms with Gasteiger partial charge in [0, 0.05) is 13.1 Å². The first-order valence-corrected chi connectivity index (χ1v) is 13.4. The molecule has 8 heteroatoms. The van der Waals surface area contributed by atoms with E-state index in [1.54, 1.807) is 36.4 Å². The SMILES string of the molecule is O=C(NCc1ccccc1)C(Sc1nc2ccccc2c(=O)n1-c1ccccc1)C(=O)NCc1ccccc1. The van der Waals surface area contributed by atoms with Crippen molar-refractivity contribution >= 4 is 34.5 Å². The summed E-state index contributed by atoms with van der Waals surface area (Å²) in [5.41, 5.74) is 2.62. The van der Waals surface area contributed by atoms with E-state index in [0.29, 0.717) is 16.6 Å². The van der Waals surface area contributed by atoms with Crippen molar-refractivity contribution in [2.45, 2.75) is 23.5 Å². The molecule has 0 spiro atoms. The Labute approximate surface area is 229 Å². The van der Waals surface area contributed by atoms with Crippen molar-refractivity contribution in [2.75, 3.05) is 0 Å². The van der Waals surface area contributed by atoms with Gasteiger partial charge in [-0.25, -0.2) is 4.98 Å². The van der Waals surface area contributed by atoms with E-state index in [0.717, 1.165) is 22.9 Å². The Morgan fingerprint density at radius 1 is 0.692 bits per heavy atom. The Balaban J connectivity index is 1.50. The zero-order valence-electron chi connectivity index (χ0n) is 21.0. The van der Waals surface area contributed by atoms with Crippen LogP contribution in [-0.4, -0.2) is 26.6 Å². The predicted molar refractivity (Wildman–Crippen MR) is 154 cm³/mol. The average molecular weight is 535 g/mol. The number of carbonyl (C=O) groups is 2. The second-order valence-electron chi connectivity index (χ2n) is 8.79. The van der Waals surface area contributed by atoms with E-state index in [9.17, 15) is 14.4 Å². The molecule has 0 bridgehead atoms. The first-order valence-electron chi connectivity index (χ1n) is 12.5. The number of nitrogens with zero attached hydrogens (tertiary/aromatic N) is 2. The lowest BCUT2D eigenvalue weighted by atomic mass is 10.2. The van der Waals surface area contributed by atoms with Crippen molar-refractivity contribution in [3.63, 3.8) is 0 Å². The van der Waals surface area contributed by atoms with Crippen LogP contribution in [0, 0.1) is 0 Å². The average Bonchev–Trinajstić information content (AvgIpc) is 2.99. The minimum absolute atomic E-state index is 0.250. The zero-order chi connectivity index (χ0) is 27.0. The molecule has 4 aromatic carbocycles. The monoisotopic (exact) mass is 534 g/mol. The van der Waals surface area contributed by atoms with Crippen LogP contribution in [0.5, 0.6) is 0 Å². The van der Waals surface area contributed by atoms with Crippen molar-refractivity contribution < 1.29 is 9.59 Å². The smallest absolute Gasteiger partial charge is 0.266 e. The maximum absolute atomic E-state index is 13.6. The fourth-order valence-corrected chi connectivity index (χ4v) is 5.12. The van der Waals surface area contributed by atoms with E-state index in [4.69, 9.17) is 4.98 Å². The molecule has 2 N–H and O–H groups in total. The van der Waals surface area contributed by atoms with Crippen LogP contribution in [0.15, 0.2) is 125 Å². The molecule has 39 heavy (non-hydrogen) atoms. The number of para-hydroxylation sites is 2. The molecule has 5 rings (SSSR count). The summed E-state index contributed by atoms with van der Waals surface area (Å²) in [4.78, 5) is 45.2.